The third-order valence-corrected chi connectivity index (χ3v) is 6.12. The van der Waals surface area contributed by atoms with Gasteiger partial charge in [0.1, 0.15) is 11.5 Å². The molecule has 0 aliphatic carbocycles. The predicted octanol–water partition coefficient (Wildman–Crippen LogP) is 3.44. The molecule has 8 heteroatoms. The van der Waals surface area contributed by atoms with Gasteiger partial charge in [0, 0.05) is 51.5 Å². The van der Waals surface area contributed by atoms with Crippen LogP contribution in [0, 0.1) is 0 Å². The summed E-state index contributed by atoms with van der Waals surface area (Å²) in [7, 11) is 3.58. The Balaban J connectivity index is 0.00000272. The van der Waals surface area contributed by atoms with Gasteiger partial charge in [0.15, 0.2) is 5.96 Å². The van der Waals surface area contributed by atoms with E-state index in [1.807, 2.05) is 25.2 Å². The van der Waals surface area contributed by atoms with Crippen LogP contribution in [0.4, 0.5) is 5.69 Å². The number of halogens is 1. The smallest absolute Gasteiger partial charge is 0.193 e. The summed E-state index contributed by atoms with van der Waals surface area (Å²) in [5.74, 6) is 2.90. The zero-order valence-corrected chi connectivity index (χ0v) is 20.8. The highest BCUT2D eigenvalue weighted by atomic mass is 127. The Morgan fingerprint density at radius 3 is 2.52 bits per heavy atom. The minimum atomic E-state index is 0. The lowest BCUT2D eigenvalue weighted by molar-refractivity contribution is 0.213. The van der Waals surface area contributed by atoms with E-state index in [-0.39, 0.29) is 30.0 Å². The van der Waals surface area contributed by atoms with Crippen LogP contribution in [0.3, 0.4) is 0 Å². The lowest BCUT2D eigenvalue weighted by atomic mass is 10.2. The van der Waals surface area contributed by atoms with Crippen LogP contribution < -0.4 is 15.0 Å². The highest BCUT2D eigenvalue weighted by Crippen LogP contribution is 2.25. The quantitative estimate of drug-likeness (QED) is 0.345. The number of rotatable bonds is 6. The molecule has 0 saturated carbocycles. The molecule has 0 radical (unpaired) electrons. The van der Waals surface area contributed by atoms with Gasteiger partial charge in [-0.1, -0.05) is 6.07 Å². The molecule has 4 rings (SSSR count). The van der Waals surface area contributed by atoms with E-state index in [2.05, 4.69) is 43.2 Å². The molecule has 1 N–H and O–H groups in total. The molecule has 3 heterocycles. The van der Waals surface area contributed by atoms with Gasteiger partial charge >= 0.3 is 0 Å². The van der Waals surface area contributed by atoms with E-state index >= 15 is 0 Å². The van der Waals surface area contributed by atoms with E-state index in [0.29, 0.717) is 0 Å². The highest BCUT2D eigenvalue weighted by molar-refractivity contribution is 14.0. The second kappa shape index (κ2) is 11.6. The maximum atomic E-state index is 5.75. The number of hydrogen-bond donors (Lipinski definition) is 1. The number of nitrogens with one attached hydrogen (secondary N) is 1. The summed E-state index contributed by atoms with van der Waals surface area (Å²) in [5.41, 5.74) is 1.21. The van der Waals surface area contributed by atoms with Gasteiger partial charge in [-0.2, -0.15) is 0 Å². The summed E-state index contributed by atoms with van der Waals surface area (Å²) >= 11 is 0. The fourth-order valence-electron chi connectivity index (χ4n) is 4.45. The molecular formula is C23H34IN5O2. The van der Waals surface area contributed by atoms with E-state index in [0.717, 1.165) is 63.3 Å². The van der Waals surface area contributed by atoms with Crippen molar-refractivity contribution in [1.29, 1.82) is 0 Å². The molecule has 0 spiro atoms. The van der Waals surface area contributed by atoms with Crippen LogP contribution in [0.1, 0.15) is 24.6 Å². The SMILES string of the molecule is CN=C(NCC(c1ccco1)N1CCCC1)N1CCN(c2cccc(OC)c2)CC1.I. The molecule has 1 aromatic heterocycles. The third-order valence-electron chi connectivity index (χ3n) is 6.12. The number of guanidine groups is 1. The van der Waals surface area contributed by atoms with Crippen molar-refractivity contribution in [3.63, 3.8) is 0 Å². The average Bonchev–Trinajstić information content (AvgIpc) is 3.52. The number of ether oxygens (including phenoxy) is 1. The topological polar surface area (TPSA) is 56.5 Å². The van der Waals surface area contributed by atoms with E-state index in [1.54, 1.807) is 13.4 Å². The number of methoxy groups -OCH3 is 1. The zero-order chi connectivity index (χ0) is 20.8. The molecular weight excluding hydrogens is 505 g/mol. The Hall–Kier alpha value is -1.94. The molecule has 2 fully saturated rings. The number of nitrogens with zero attached hydrogens (tertiary/aromatic N) is 4. The van der Waals surface area contributed by atoms with Crippen molar-refractivity contribution in [1.82, 2.24) is 15.1 Å². The molecule has 1 aromatic carbocycles. The standard InChI is InChI=1S/C23H33N5O2.HI/c1-24-23(25-18-21(22-9-6-16-30-22)27-10-3-4-11-27)28-14-12-26(13-15-28)19-7-5-8-20(17-19)29-2;/h5-9,16-17,21H,3-4,10-15,18H2,1-2H3,(H,24,25);1H. The molecule has 1 atom stereocenters. The molecule has 31 heavy (non-hydrogen) atoms. The summed E-state index contributed by atoms with van der Waals surface area (Å²) in [5, 5.41) is 3.61. The van der Waals surface area contributed by atoms with E-state index in [9.17, 15) is 0 Å². The number of aliphatic imine (C=N–C) groups is 1. The lowest BCUT2D eigenvalue weighted by Crippen LogP contribution is -2.53. The van der Waals surface area contributed by atoms with Crippen molar-refractivity contribution in [3.05, 3.63) is 48.4 Å². The fraction of sp³-hybridized carbons (Fsp3) is 0.522. The van der Waals surface area contributed by atoms with E-state index in [4.69, 9.17) is 9.15 Å². The Bertz CT molecular complexity index is 815. The number of anilines is 1. The van der Waals surface area contributed by atoms with Crippen molar-refractivity contribution in [2.45, 2.75) is 18.9 Å². The third kappa shape index (κ3) is 5.85. The number of furan rings is 1. The molecule has 0 amide bonds. The predicted molar refractivity (Wildman–Crippen MR) is 136 cm³/mol. The van der Waals surface area contributed by atoms with Crippen molar-refractivity contribution in [2.24, 2.45) is 4.99 Å². The second-order valence-electron chi connectivity index (χ2n) is 7.88. The van der Waals surface area contributed by atoms with Crippen molar-refractivity contribution in [2.75, 3.05) is 64.9 Å². The van der Waals surface area contributed by atoms with Crippen LogP contribution in [0.2, 0.25) is 0 Å². The molecule has 2 aromatic rings. The number of piperazine rings is 1. The number of likely N-dealkylation sites (tertiary alicyclic amines) is 1. The normalized spacial score (nSPS) is 18.6. The number of hydrogen-bond acceptors (Lipinski definition) is 5. The van der Waals surface area contributed by atoms with Crippen LogP contribution in [0.15, 0.2) is 52.1 Å². The molecule has 2 aliphatic heterocycles. The van der Waals surface area contributed by atoms with Gasteiger partial charge in [0.2, 0.25) is 0 Å². The van der Waals surface area contributed by atoms with Gasteiger partial charge in [0.25, 0.3) is 0 Å². The summed E-state index contributed by atoms with van der Waals surface area (Å²) in [6.45, 7) is 6.85. The van der Waals surface area contributed by atoms with Crippen molar-refractivity contribution >= 4 is 35.6 Å². The van der Waals surface area contributed by atoms with Gasteiger partial charge in [-0.15, -0.1) is 24.0 Å². The maximum Gasteiger partial charge on any atom is 0.193 e. The van der Waals surface area contributed by atoms with Gasteiger partial charge in [-0.3, -0.25) is 9.89 Å². The minimum absolute atomic E-state index is 0. The summed E-state index contributed by atoms with van der Waals surface area (Å²) in [6, 6.07) is 12.6. The van der Waals surface area contributed by atoms with Crippen LogP contribution >= 0.6 is 24.0 Å². The monoisotopic (exact) mass is 539 g/mol. The van der Waals surface area contributed by atoms with Crippen molar-refractivity contribution in [3.8, 4) is 5.75 Å². The first-order valence-electron chi connectivity index (χ1n) is 10.9. The molecule has 1 unspecified atom stereocenters. The first kappa shape index (κ1) is 23.7. The average molecular weight is 539 g/mol. The minimum Gasteiger partial charge on any atom is -0.497 e. The van der Waals surface area contributed by atoms with Gasteiger partial charge < -0.3 is 24.3 Å². The van der Waals surface area contributed by atoms with Crippen LogP contribution in [0.5, 0.6) is 5.75 Å². The Morgan fingerprint density at radius 2 is 1.87 bits per heavy atom. The largest absolute Gasteiger partial charge is 0.497 e. The summed E-state index contributed by atoms with van der Waals surface area (Å²) in [6.07, 6.45) is 4.29. The molecule has 2 saturated heterocycles. The molecule has 7 nitrogen and oxygen atoms in total. The van der Waals surface area contributed by atoms with Gasteiger partial charge in [0.05, 0.1) is 19.4 Å². The van der Waals surface area contributed by atoms with Crippen LogP contribution in [-0.4, -0.2) is 75.7 Å². The van der Waals surface area contributed by atoms with Crippen molar-refractivity contribution < 1.29 is 9.15 Å². The Labute approximate surface area is 202 Å². The fourth-order valence-corrected chi connectivity index (χ4v) is 4.45. The van der Waals surface area contributed by atoms with E-state index in [1.165, 1.54) is 18.5 Å². The molecule has 170 valence electrons. The second-order valence-corrected chi connectivity index (χ2v) is 7.88. The Morgan fingerprint density at radius 1 is 1.10 bits per heavy atom. The van der Waals surface area contributed by atoms with Gasteiger partial charge in [-0.25, -0.2) is 0 Å². The first-order chi connectivity index (χ1) is 14.8. The molecule has 0 bridgehead atoms. The number of benzene rings is 1. The summed E-state index contributed by atoms with van der Waals surface area (Å²) in [4.78, 5) is 11.8. The van der Waals surface area contributed by atoms with Gasteiger partial charge in [-0.05, 0) is 50.2 Å². The summed E-state index contributed by atoms with van der Waals surface area (Å²) < 4.78 is 11.1. The highest BCUT2D eigenvalue weighted by Gasteiger charge is 2.27. The van der Waals surface area contributed by atoms with Crippen LogP contribution in [0.25, 0.3) is 0 Å². The maximum absolute atomic E-state index is 5.75. The lowest BCUT2D eigenvalue weighted by Gasteiger charge is -2.38. The molecule has 2 aliphatic rings. The zero-order valence-electron chi connectivity index (χ0n) is 18.5. The van der Waals surface area contributed by atoms with Crippen LogP contribution in [-0.2, 0) is 0 Å². The Kier molecular flexibility index (Phi) is 8.89. The first-order valence-corrected chi connectivity index (χ1v) is 10.9. The van der Waals surface area contributed by atoms with E-state index < -0.39 is 0 Å².